The lowest BCUT2D eigenvalue weighted by Gasteiger charge is -2.36. The van der Waals surface area contributed by atoms with E-state index in [-0.39, 0.29) is 6.04 Å². The van der Waals surface area contributed by atoms with Crippen molar-refractivity contribution < 1.29 is 8.42 Å². The highest BCUT2D eigenvalue weighted by Gasteiger charge is 2.28. The van der Waals surface area contributed by atoms with E-state index in [1.165, 1.54) is 11.1 Å². The Bertz CT molecular complexity index is 1130. The molecule has 31 heavy (non-hydrogen) atoms. The highest BCUT2D eigenvalue weighted by atomic mass is 32.2. The van der Waals surface area contributed by atoms with Crippen LogP contribution < -0.4 is 4.72 Å². The van der Waals surface area contributed by atoms with Crippen LogP contribution in [0.1, 0.15) is 48.2 Å². The van der Waals surface area contributed by atoms with E-state index in [4.69, 9.17) is 0 Å². The van der Waals surface area contributed by atoms with Crippen LogP contribution in [0, 0.1) is 0 Å². The number of nitrogens with zero attached hydrogens (tertiary/aromatic N) is 2. The standard InChI is InChI=1S/C25H31N3O2S/c1-19(2)20-10-12-23(13-11-20)31(29,30)26-17-25(24-9-6-15-27(24)3)28-16-14-21-7-4-5-8-22(21)18-28/h4-13,15,19,25-26H,14,16-18H2,1-3H3. The van der Waals surface area contributed by atoms with Crippen LogP contribution in [0.15, 0.2) is 71.8 Å². The maximum atomic E-state index is 13.0. The van der Waals surface area contributed by atoms with E-state index in [2.05, 4.69) is 58.4 Å². The summed E-state index contributed by atoms with van der Waals surface area (Å²) in [6.07, 6.45) is 2.99. The summed E-state index contributed by atoms with van der Waals surface area (Å²) in [5.41, 5.74) is 4.94. The van der Waals surface area contributed by atoms with Crippen molar-refractivity contribution in [1.82, 2.24) is 14.2 Å². The van der Waals surface area contributed by atoms with Gasteiger partial charge in [-0.2, -0.15) is 0 Å². The lowest BCUT2D eigenvalue weighted by atomic mass is 9.98. The Morgan fingerprint density at radius 2 is 1.68 bits per heavy atom. The molecule has 164 valence electrons. The SMILES string of the molecule is CC(C)c1ccc(S(=O)(=O)NCC(c2cccn2C)N2CCc3ccccc3C2)cc1. The van der Waals surface area contributed by atoms with Crippen molar-refractivity contribution in [2.45, 2.75) is 43.7 Å². The molecule has 4 rings (SSSR count). The van der Waals surface area contributed by atoms with Crippen molar-refractivity contribution in [2.75, 3.05) is 13.1 Å². The third-order valence-corrected chi connectivity index (χ3v) is 7.69. The average molecular weight is 438 g/mol. The van der Waals surface area contributed by atoms with E-state index in [1.54, 1.807) is 12.1 Å². The molecule has 0 amide bonds. The molecule has 0 aliphatic carbocycles. The van der Waals surface area contributed by atoms with Crippen LogP contribution in [-0.4, -0.2) is 31.0 Å². The first-order valence-corrected chi connectivity index (χ1v) is 12.3. The fourth-order valence-corrected chi connectivity index (χ4v) is 5.37. The predicted molar refractivity (Wildman–Crippen MR) is 124 cm³/mol. The molecule has 0 saturated carbocycles. The van der Waals surface area contributed by atoms with E-state index >= 15 is 0 Å². The number of hydrogen-bond acceptors (Lipinski definition) is 3. The molecule has 0 fully saturated rings. The summed E-state index contributed by atoms with van der Waals surface area (Å²) in [6.45, 7) is 6.24. The number of aromatic nitrogens is 1. The second-order valence-corrected chi connectivity index (χ2v) is 10.4. The minimum atomic E-state index is -3.59. The van der Waals surface area contributed by atoms with E-state index in [0.717, 1.165) is 30.8 Å². The van der Waals surface area contributed by atoms with Gasteiger partial charge in [0.1, 0.15) is 0 Å². The Balaban J connectivity index is 1.55. The van der Waals surface area contributed by atoms with Crippen molar-refractivity contribution in [2.24, 2.45) is 7.05 Å². The van der Waals surface area contributed by atoms with Crippen LogP contribution in [0.25, 0.3) is 0 Å². The van der Waals surface area contributed by atoms with Gasteiger partial charge in [-0.25, -0.2) is 13.1 Å². The monoisotopic (exact) mass is 437 g/mol. The zero-order valence-corrected chi connectivity index (χ0v) is 19.3. The highest BCUT2D eigenvalue weighted by Crippen LogP contribution is 2.28. The Labute approximate surface area is 185 Å². The fourth-order valence-electron chi connectivity index (χ4n) is 4.33. The largest absolute Gasteiger partial charge is 0.353 e. The zero-order chi connectivity index (χ0) is 22.0. The van der Waals surface area contributed by atoms with Gasteiger partial charge < -0.3 is 4.57 Å². The number of hydrogen-bond donors (Lipinski definition) is 1. The summed E-state index contributed by atoms with van der Waals surface area (Å²) in [5.74, 6) is 0.369. The van der Waals surface area contributed by atoms with Crippen LogP contribution in [-0.2, 0) is 30.0 Å². The lowest BCUT2D eigenvalue weighted by molar-refractivity contribution is 0.174. The van der Waals surface area contributed by atoms with E-state index in [1.807, 2.05) is 31.4 Å². The lowest BCUT2D eigenvalue weighted by Crippen LogP contribution is -2.41. The molecule has 0 saturated heterocycles. The maximum Gasteiger partial charge on any atom is 0.240 e. The summed E-state index contributed by atoms with van der Waals surface area (Å²) in [7, 11) is -1.57. The molecule has 0 spiro atoms. The second kappa shape index (κ2) is 8.99. The van der Waals surface area contributed by atoms with Gasteiger partial charge in [-0.3, -0.25) is 4.90 Å². The number of rotatable bonds is 7. The Morgan fingerprint density at radius 1 is 0.968 bits per heavy atom. The molecular formula is C25H31N3O2S. The highest BCUT2D eigenvalue weighted by molar-refractivity contribution is 7.89. The molecule has 1 N–H and O–H groups in total. The Morgan fingerprint density at radius 3 is 2.32 bits per heavy atom. The van der Waals surface area contributed by atoms with Crippen molar-refractivity contribution in [3.63, 3.8) is 0 Å². The van der Waals surface area contributed by atoms with Gasteiger partial charge in [-0.1, -0.05) is 50.2 Å². The molecule has 0 bridgehead atoms. The minimum absolute atomic E-state index is 0.0435. The van der Waals surface area contributed by atoms with Crippen LogP contribution >= 0.6 is 0 Å². The molecule has 2 heterocycles. The van der Waals surface area contributed by atoms with Gasteiger partial charge >= 0.3 is 0 Å². The number of sulfonamides is 1. The summed E-state index contributed by atoms with van der Waals surface area (Å²) < 4.78 is 31.0. The van der Waals surface area contributed by atoms with Gasteiger partial charge in [-0.15, -0.1) is 0 Å². The van der Waals surface area contributed by atoms with Crippen molar-refractivity contribution in [3.8, 4) is 0 Å². The molecule has 2 aromatic carbocycles. The molecule has 1 atom stereocenters. The van der Waals surface area contributed by atoms with E-state index in [0.29, 0.717) is 17.4 Å². The van der Waals surface area contributed by atoms with Crippen LogP contribution in [0.4, 0.5) is 0 Å². The average Bonchev–Trinajstić information content (AvgIpc) is 3.19. The van der Waals surface area contributed by atoms with E-state index < -0.39 is 10.0 Å². The number of aryl methyl sites for hydroxylation is 1. The minimum Gasteiger partial charge on any atom is -0.353 e. The van der Waals surface area contributed by atoms with Gasteiger partial charge in [0.2, 0.25) is 10.0 Å². The molecule has 5 nitrogen and oxygen atoms in total. The molecule has 6 heteroatoms. The smallest absolute Gasteiger partial charge is 0.240 e. The van der Waals surface area contributed by atoms with E-state index in [9.17, 15) is 8.42 Å². The second-order valence-electron chi connectivity index (χ2n) is 8.62. The van der Waals surface area contributed by atoms with Gasteiger partial charge in [0.05, 0.1) is 10.9 Å². The number of benzene rings is 2. The van der Waals surface area contributed by atoms with Crippen LogP contribution in [0.2, 0.25) is 0 Å². The first-order chi connectivity index (χ1) is 14.8. The third kappa shape index (κ3) is 4.76. The van der Waals surface area contributed by atoms with Crippen molar-refractivity contribution in [3.05, 3.63) is 89.2 Å². The van der Waals surface area contributed by atoms with Crippen molar-refractivity contribution in [1.29, 1.82) is 0 Å². The summed E-state index contributed by atoms with van der Waals surface area (Å²) in [6, 6.07) is 19.8. The van der Waals surface area contributed by atoms with Gasteiger partial charge in [0.25, 0.3) is 0 Å². The molecule has 1 unspecified atom stereocenters. The summed E-state index contributed by atoms with van der Waals surface area (Å²) in [5, 5.41) is 0. The fraction of sp³-hybridized carbons (Fsp3) is 0.360. The molecule has 1 aromatic heterocycles. The number of nitrogens with one attached hydrogen (secondary N) is 1. The zero-order valence-electron chi connectivity index (χ0n) is 18.5. The predicted octanol–water partition coefficient (Wildman–Crippen LogP) is 4.23. The quantitative estimate of drug-likeness (QED) is 0.602. The van der Waals surface area contributed by atoms with Crippen molar-refractivity contribution >= 4 is 10.0 Å². The topological polar surface area (TPSA) is 54.3 Å². The van der Waals surface area contributed by atoms with Crippen LogP contribution in [0.5, 0.6) is 0 Å². The molecule has 0 radical (unpaired) electrons. The summed E-state index contributed by atoms with van der Waals surface area (Å²) >= 11 is 0. The third-order valence-electron chi connectivity index (χ3n) is 6.25. The van der Waals surface area contributed by atoms with Gasteiger partial charge in [0, 0.05) is 38.6 Å². The molecule has 1 aliphatic rings. The first-order valence-electron chi connectivity index (χ1n) is 10.9. The van der Waals surface area contributed by atoms with Crippen LogP contribution in [0.3, 0.4) is 0 Å². The first kappa shape index (κ1) is 21.8. The Hall–Kier alpha value is -2.41. The Kier molecular flexibility index (Phi) is 6.32. The molecule has 1 aliphatic heterocycles. The number of fused-ring (bicyclic) bond motifs is 1. The molecular weight excluding hydrogens is 406 g/mol. The molecule has 3 aromatic rings. The summed E-state index contributed by atoms with van der Waals surface area (Å²) in [4.78, 5) is 2.69. The van der Waals surface area contributed by atoms with Gasteiger partial charge in [-0.05, 0) is 53.3 Å². The normalized spacial score (nSPS) is 15.7. The van der Waals surface area contributed by atoms with Gasteiger partial charge in [0.15, 0.2) is 0 Å². The maximum absolute atomic E-state index is 13.0.